The van der Waals surface area contributed by atoms with Crippen LogP contribution in [-0.2, 0) is 0 Å². The molecule has 0 radical (unpaired) electrons. The molecule has 0 saturated heterocycles. The number of rotatable bonds is 1. The minimum Gasteiger partial charge on any atom is -0.327 e. The second-order valence-corrected chi connectivity index (χ2v) is 3.51. The molecule has 1 aromatic carbocycles. The molecule has 0 amide bonds. The summed E-state index contributed by atoms with van der Waals surface area (Å²) in [5.74, 6) is 0.758. The van der Waals surface area contributed by atoms with Gasteiger partial charge in [0.05, 0.1) is 11.7 Å². The predicted octanol–water partition coefficient (Wildman–Crippen LogP) is 2.06. The number of hydrogen-bond donors (Lipinski definition) is 1. The van der Waals surface area contributed by atoms with E-state index in [4.69, 9.17) is 0 Å². The summed E-state index contributed by atoms with van der Waals surface area (Å²) in [6, 6.07) is 8.06. The SMILES string of the molecule is Cc1cnc(-n2ncc3ccccc32)[nH]1. The highest BCUT2D eigenvalue weighted by Crippen LogP contribution is 2.15. The van der Waals surface area contributed by atoms with E-state index in [9.17, 15) is 0 Å². The largest absolute Gasteiger partial charge is 0.327 e. The fraction of sp³-hybridized carbons (Fsp3) is 0.0909. The highest BCUT2D eigenvalue weighted by Gasteiger charge is 2.05. The Kier molecular flexibility index (Phi) is 1.62. The molecule has 0 aliphatic heterocycles. The standard InChI is InChI=1S/C11H10N4/c1-8-6-12-11(14-8)15-10-5-3-2-4-9(10)7-13-15/h2-7H,1H3,(H,12,14). The molecule has 0 unspecified atom stereocenters. The van der Waals surface area contributed by atoms with Crippen molar-refractivity contribution in [2.45, 2.75) is 6.92 Å². The van der Waals surface area contributed by atoms with E-state index < -0.39 is 0 Å². The van der Waals surface area contributed by atoms with Crippen molar-refractivity contribution in [1.82, 2.24) is 19.7 Å². The molecule has 15 heavy (non-hydrogen) atoms. The summed E-state index contributed by atoms with van der Waals surface area (Å²) in [4.78, 5) is 7.41. The lowest BCUT2D eigenvalue weighted by molar-refractivity contribution is 0.849. The van der Waals surface area contributed by atoms with Gasteiger partial charge in [0.2, 0.25) is 5.95 Å². The number of hydrogen-bond acceptors (Lipinski definition) is 2. The highest BCUT2D eigenvalue weighted by molar-refractivity contribution is 5.79. The molecule has 0 bridgehead atoms. The van der Waals surface area contributed by atoms with Crippen LogP contribution in [0.3, 0.4) is 0 Å². The average Bonchev–Trinajstić information content (AvgIpc) is 2.83. The van der Waals surface area contributed by atoms with Gasteiger partial charge in [-0.2, -0.15) is 9.78 Å². The minimum atomic E-state index is 0.758. The van der Waals surface area contributed by atoms with E-state index in [1.807, 2.05) is 42.1 Å². The number of aromatic amines is 1. The van der Waals surface area contributed by atoms with Crippen LogP contribution in [0.15, 0.2) is 36.7 Å². The zero-order valence-electron chi connectivity index (χ0n) is 8.31. The summed E-state index contributed by atoms with van der Waals surface area (Å²) in [6.45, 7) is 1.97. The second kappa shape index (κ2) is 2.95. The summed E-state index contributed by atoms with van der Waals surface area (Å²) in [5, 5.41) is 5.42. The molecule has 0 saturated carbocycles. The van der Waals surface area contributed by atoms with E-state index in [-0.39, 0.29) is 0 Å². The highest BCUT2D eigenvalue weighted by atomic mass is 15.3. The lowest BCUT2D eigenvalue weighted by Crippen LogP contribution is -1.97. The van der Waals surface area contributed by atoms with Crippen LogP contribution < -0.4 is 0 Å². The Balaban J connectivity index is 2.27. The van der Waals surface area contributed by atoms with Gasteiger partial charge < -0.3 is 4.98 Å². The maximum absolute atomic E-state index is 4.30. The van der Waals surface area contributed by atoms with E-state index in [0.29, 0.717) is 0 Å². The van der Waals surface area contributed by atoms with Gasteiger partial charge in [-0.1, -0.05) is 18.2 Å². The van der Waals surface area contributed by atoms with Gasteiger partial charge in [-0.15, -0.1) is 0 Å². The van der Waals surface area contributed by atoms with E-state index in [0.717, 1.165) is 22.5 Å². The van der Waals surface area contributed by atoms with Crippen molar-refractivity contribution in [3.8, 4) is 5.95 Å². The van der Waals surface area contributed by atoms with Crippen molar-refractivity contribution < 1.29 is 0 Å². The molecule has 0 spiro atoms. The van der Waals surface area contributed by atoms with Crippen LogP contribution in [0.25, 0.3) is 16.9 Å². The lowest BCUT2D eigenvalue weighted by Gasteiger charge is -1.97. The Labute approximate surface area is 86.6 Å². The number of aryl methyl sites for hydroxylation is 1. The van der Waals surface area contributed by atoms with E-state index >= 15 is 0 Å². The number of para-hydroxylation sites is 1. The van der Waals surface area contributed by atoms with E-state index in [1.165, 1.54) is 0 Å². The van der Waals surface area contributed by atoms with Crippen LogP contribution >= 0.6 is 0 Å². The lowest BCUT2D eigenvalue weighted by atomic mass is 10.3. The van der Waals surface area contributed by atoms with Crippen LogP contribution in [0, 0.1) is 6.92 Å². The van der Waals surface area contributed by atoms with Gasteiger partial charge in [0.25, 0.3) is 0 Å². The molecule has 3 rings (SSSR count). The first-order valence-corrected chi connectivity index (χ1v) is 4.79. The summed E-state index contributed by atoms with van der Waals surface area (Å²) >= 11 is 0. The number of fused-ring (bicyclic) bond motifs is 1. The number of nitrogens with one attached hydrogen (secondary N) is 1. The number of aromatic nitrogens is 4. The summed E-state index contributed by atoms with van der Waals surface area (Å²) in [5.41, 5.74) is 2.09. The first-order valence-electron chi connectivity index (χ1n) is 4.79. The van der Waals surface area contributed by atoms with Crippen molar-refractivity contribution in [2.24, 2.45) is 0 Å². The second-order valence-electron chi connectivity index (χ2n) is 3.51. The van der Waals surface area contributed by atoms with Crippen molar-refractivity contribution in [3.05, 3.63) is 42.4 Å². The number of benzene rings is 1. The summed E-state index contributed by atoms with van der Waals surface area (Å²) in [7, 11) is 0. The monoisotopic (exact) mass is 198 g/mol. The molecule has 0 fully saturated rings. The Hall–Kier alpha value is -2.10. The number of nitrogens with zero attached hydrogens (tertiary/aromatic N) is 3. The summed E-state index contributed by atoms with van der Waals surface area (Å²) < 4.78 is 1.81. The molecule has 4 nitrogen and oxygen atoms in total. The van der Waals surface area contributed by atoms with Gasteiger partial charge >= 0.3 is 0 Å². The van der Waals surface area contributed by atoms with Gasteiger partial charge in [0, 0.05) is 17.3 Å². The normalized spacial score (nSPS) is 11.0. The molecular formula is C11H10N4. The van der Waals surface area contributed by atoms with E-state index in [2.05, 4.69) is 15.1 Å². The molecule has 0 aliphatic carbocycles. The van der Waals surface area contributed by atoms with Crippen LogP contribution in [0.2, 0.25) is 0 Å². The third-order valence-electron chi connectivity index (χ3n) is 2.37. The molecule has 3 aromatic rings. The van der Waals surface area contributed by atoms with Crippen molar-refractivity contribution in [2.75, 3.05) is 0 Å². The third-order valence-corrected chi connectivity index (χ3v) is 2.37. The van der Waals surface area contributed by atoms with Crippen LogP contribution in [0.5, 0.6) is 0 Å². The minimum absolute atomic E-state index is 0.758. The van der Waals surface area contributed by atoms with Crippen molar-refractivity contribution in [1.29, 1.82) is 0 Å². The van der Waals surface area contributed by atoms with E-state index in [1.54, 1.807) is 6.20 Å². The molecule has 2 aromatic heterocycles. The predicted molar refractivity (Wildman–Crippen MR) is 58.0 cm³/mol. The van der Waals surface area contributed by atoms with Gasteiger partial charge in [0.1, 0.15) is 0 Å². The molecule has 0 aliphatic rings. The van der Waals surface area contributed by atoms with Crippen LogP contribution in [0.1, 0.15) is 5.69 Å². The zero-order chi connectivity index (χ0) is 10.3. The molecule has 4 heteroatoms. The maximum Gasteiger partial charge on any atom is 0.228 e. The van der Waals surface area contributed by atoms with Crippen molar-refractivity contribution >= 4 is 10.9 Å². The van der Waals surface area contributed by atoms with Gasteiger partial charge in [0.15, 0.2) is 0 Å². The van der Waals surface area contributed by atoms with Gasteiger partial charge in [-0.05, 0) is 13.0 Å². The molecule has 2 heterocycles. The molecular weight excluding hydrogens is 188 g/mol. The average molecular weight is 198 g/mol. The number of H-pyrrole nitrogens is 1. The Morgan fingerprint density at radius 2 is 2.07 bits per heavy atom. The number of imidazole rings is 1. The Morgan fingerprint density at radius 1 is 1.20 bits per heavy atom. The quantitative estimate of drug-likeness (QED) is 0.650. The zero-order valence-corrected chi connectivity index (χ0v) is 8.31. The van der Waals surface area contributed by atoms with Crippen LogP contribution in [-0.4, -0.2) is 19.7 Å². The summed E-state index contributed by atoms with van der Waals surface area (Å²) in [6.07, 6.45) is 3.64. The molecule has 1 N–H and O–H groups in total. The topological polar surface area (TPSA) is 46.5 Å². The van der Waals surface area contributed by atoms with Crippen molar-refractivity contribution in [3.63, 3.8) is 0 Å². The third kappa shape index (κ3) is 1.22. The Bertz CT molecular complexity index is 606. The molecule has 0 atom stereocenters. The Morgan fingerprint density at radius 3 is 2.87 bits per heavy atom. The van der Waals surface area contributed by atoms with Gasteiger partial charge in [-0.25, -0.2) is 4.98 Å². The van der Waals surface area contributed by atoms with Crippen LogP contribution in [0.4, 0.5) is 0 Å². The fourth-order valence-electron chi connectivity index (χ4n) is 1.65. The first-order chi connectivity index (χ1) is 7.34. The first kappa shape index (κ1) is 8.23. The smallest absolute Gasteiger partial charge is 0.228 e. The maximum atomic E-state index is 4.30. The fourth-order valence-corrected chi connectivity index (χ4v) is 1.65. The molecule has 74 valence electrons. The van der Waals surface area contributed by atoms with Gasteiger partial charge in [-0.3, -0.25) is 0 Å².